The lowest BCUT2D eigenvalue weighted by molar-refractivity contribution is -0.119. The Morgan fingerprint density at radius 3 is 2.74 bits per heavy atom. The Bertz CT molecular complexity index is 983. The molecule has 3 rings (SSSR count). The third-order valence-electron chi connectivity index (χ3n) is 3.74. The van der Waals surface area contributed by atoms with E-state index in [4.69, 9.17) is 4.42 Å². The van der Waals surface area contributed by atoms with E-state index in [1.165, 1.54) is 17.5 Å². The van der Waals surface area contributed by atoms with Crippen LogP contribution in [0.4, 0.5) is 0 Å². The third-order valence-corrected chi connectivity index (χ3v) is 7.08. The summed E-state index contributed by atoms with van der Waals surface area (Å²) in [6.07, 6.45) is 4.80. The van der Waals surface area contributed by atoms with Gasteiger partial charge in [0.2, 0.25) is 5.91 Å². The van der Waals surface area contributed by atoms with E-state index >= 15 is 0 Å². The number of carbonyl (C=O) groups is 1. The highest BCUT2D eigenvalue weighted by atomic mass is 32.2. The van der Waals surface area contributed by atoms with Crippen LogP contribution in [0, 0.1) is 0 Å². The van der Waals surface area contributed by atoms with Crippen LogP contribution in [0.25, 0.3) is 0 Å². The van der Waals surface area contributed by atoms with E-state index in [9.17, 15) is 13.2 Å². The average Bonchev–Trinajstić information content (AvgIpc) is 3.32. The zero-order valence-electron chi connectivity index (χ0n) is 14.7. The zero-order valence-corrected chi connectivity index (χ0v) is 16.3. The van der Waals surface area contributed by atoms with Gasteiger partial charge in [-0.2, -0.15) is 4.31 Å². The molecular weight excluding hydrogens is 386 g/mol. The fourth-order valence-electron chi connectivity index (χ4n) is 2.43. The smallest absolute Gasteiger partial charge is 0.253 e. The van der Waals surface area contributed by atoms with Crippen molar-refractivity contribution in [1.82, 2.24) is 14.6 Å². The van der Waals surface area contributed by atoms with Crippen LogP contribution in [0.5, 0.6) is 0 Å². The lowest BCUT2D eigenvalue weighted by Gasteiger charge is -2.20. The Morgan fingerprint density at radius 2 is 2.07 bits per heavy atom. The number of aromatic nitrogens is 1. The molecule has 3 heterocycles. The first-order valence-electron chi connectivity index (χ1n) is 8.20. The van der Waals surface area contributed by atoms with Gasteiger partial charge in [-0.25, -0.2) is 8.42 Å². The van der Waals surface area contributed by atoms with Crippen LogP contribution in [0.1, 0.15) is 23.1 Å². The SMILES string of the molecule is CC(=O)NCc1ccc(S(=O)(=O)N(Cc2cccnc2)Cc2ccco2)s1. The largest absolute Gasteiger partial charge is 0.468 e. The number of hydrogen-bond acceptors (Lipinski definition) is 6. The first kappa shape index (κ1) is 19.3. The maximum Gasteiger partial charge on any atom is 0.253 e. The van der Waals surface area contributed by atoms with Crippen molar-refractivity contribution in [2.45, 2.75) is 30.8 Å². The van der Waals surface area contributed by atoms with Crippen molar-refractivity contribution >= 4 is 27.3 Å². The monoisotopic (exact) mass is 405 g/mol. The first-order valence-corrected chi connectivity index (χ1v) is 10.5. The number of nitrogens with one attached hydrogen (secondary N) is 1. The molecule has 3 aromatic heterocycles. The van der Waals surface area contributed by atoms with E-state index in [0.29, 0.717) is 12.3 Å². The summed E-state index contributed by atoms with van der Waals surface area (Å²) >= 11 is 1.14. The highest BCUT2D eigenvalue weighted by Gasteiger charge is 2.27. The normalized spacial score (nSPS) is 11.6. The summed E-state index contributed by atoms with van der Waals surface area (Å²) in [6.45, 7) is 2.01. The molecule has 0 saturated carbocycles. The molecule has 0 spiro atoms. The van der Waals surface area contributed by atoms with Crippen LogP contribution < -0.4 is 5.32 Å². The van der Waals surface area contributed by atoms with Crippen molar-refractivity contribution in [2.75, 3.05) is 0 Å². The van der Waals surface area contributed by atoms with Gasteiger partial charge in [-0.1, -0.05) is 6.07 Å². The van der Waals surface area contributed by atoms with E-state index in [1.807, 2.05) is 6.07 Å². The number of hydrogen-bond donors (Lipinski definition) is 1. The quantitative estimate of drug-likeness (QED) is 0.622. The Morgan fingerprint density at radius 1 is 1.22 bits per heavy atom. The minimum absolute atomic E-state index is 0.114. The lowest BCUT2D eigenvalue weighted by Crippen LogP contribution is -2.29. The van der Waals surface area contributed by atoms with Gasteiger partial charge in [-0.05, 0) is 35.9 Å². The Balaban J connectivity index is 1.86. The van der Waals surface area contributed by atoms with Gasteiger partial charge in [0.15, 0.2) is 0 Å². The topological polar surface area (TPSA) is 92.5 Å². The molecule has 0 saturated heterocycles. The van der Waals surface area contributed by atoms with E-state index in [0.717, 1.165) is 21.8 Å². The molecule has 0 aliphatic heterocycles. The van der Waals surface area contributed by atoms with E-state index in [-0.39, 0.29) is 23.2 Å². The van der Waals surface area contributed by atoms with Crippen LogP contribution in [0.15, 0.2) is 63.7 Å². The van der Waals surface area contributed by atoms with Gasteiger partial charge >= 0.3 is 0 Å². The van der Waals surface area contributed by atoms with Gasteiger partial charge < -0.3 is 9.73 Å². The number of rotatable bonds is 8. The molecule has 9 heteroatoms. The highest BCUT2D eigenvalue weighted by Crippen LogP contribution is 2.27. The van der Waals surface area contributed by atoms with Crippen LogP contribution in [-0.2, 0) is 34.5 Å². The summed E-state index contributed by atoms with van der Waals surface area (Å²) in [5.41, 5.74) is 0.780. The molecule has 0 aliphatic rings. The predicted octanol–water partition coefficient (Wildman–Crippen LogP) is 2.76. The minimum atomic E-state index is -3.74. The Labute approximate surface area is 161 Å². The van der Waals surface area contributed by atoms with Crippen LogP contribution in [0.2, 0.25) is 0 Å². The molecule has 3 aromatic rings. The van der Waals surface area contributed by atoms with Crippen molar-refractivity contribution < 1.29 is 17.6 Å². The Kier molecular flexibility index (Phi) is 6.04. The molecule has 0 fully saturated rings. The van der Waals surface area contributed by atoms with Gasteiger partial charge in [-0.3, -0.25) is 9.78 Å². The van der Waals surface area contributed by atoms with Gasteiger partial charge in [0.25, 0.3) is 10.0 Å². The molecule has 142 valence electrons. The van der Waals surface area contributed by atoms with Crippen LogP contribution in [-0.4, -0.2) is 23.6 Å². The van der Waals surface area contributed by atoms with Gasteiger partial charge in [0.05, 0.1) is 19.4 Å². The Hall–Kier alpha value is -2.49. The molecule has 0 radical (unpaired) electrons. The number of amides is 1. The average molecular weight is 406 g/mol. The summed E-state index contributed by atoms with van der Waals surface area (Å²) in [6, 6.07) is 10.3. The summed E-state index contributed by atoms with van der Waals surface area (Å²) in [5, 5.41) is 2.67. The molecule has 0 atom stereocenters. The molecule has 7 nitrogen and oxygen atoms in total. The van der Waals surface area contributed by atoms with Crippen molar-refractivity contribution in [2.24, 2.45) is 0 Å². The standard InChI is InChI=1S/C18H19N3O4S2/c1-14(22)20-11-17-6-7-18(26-17)27(23,24)21(13-16-5-3-9-25-16)12-15-4-2-8-19-10-15/h2-10H,11-13H2,1H3,(H,20,22). The number of pyridine rings is 1. The molecule has 27 heavy (non-hydrogen) atoms. The number of sulfonamides is 1. The second-order valence-corrected chi connectivity index (χ2v) is 9.18. The van der Waals surface area contributed by atoms with Crippen LogP contribution >= 0.6 is 11.3 Å². The number of furan rings is 1. The summed E-state index contributed by atoms with van der Waals surface area (Å²) < 4.78 is 33.3. The molecule has 0 aliphatic carbocycles. The van der Waals surface area contributed by atoms with Gasteiger partial charge in [-0.15, -0.1) is 11.3 Å². The van der Waals surface area contributed by atoms with Gasteiger partial charge in [0.1, 0.15) is 9.97 Å². The molecule has 0 unspecified atom stereocenters. The maximum absolute atomic E-state index is 13.2. The maximum atomic E-state index is 13.2. The minimum Gasteiger partial charge on any atom is -0.468 e. The van der Waals surface area contributed by atoms with Crippen molar-refractivity contribution in [3.8, 4) is 0 Å². The number of nitrogens with zero attached hydrogens (tertiary/aromatic N) is 2. The second kappa shape index (κ2) is 8.47. The number of carbonyl (C=O) groups excluding carboxylic acids is 1. The summed E-state index contributed by atoms with van der Waals surface area (Å²) in [5.74, 6) is 0.390. The molecular formula is C18H19N3O4S2. The molecule has 1 N–H and O–H groups in total. The third kappa shape index (κ3) is 5.03. The highest BCUT2D eigenvalue weighted by molar-refractivity contribution is 7.91. The van der Waals surface area contributed by atoms with Gasteiger partial charge in [0, 0.05) is 30.7 Å². The number of thiophene rings is 1. The van der Waals surface area contributed by atoms with E-state index < -0.39 is 10.0 Å². The van der Waals surface area contributed by atoms with Crippen LogP contribution in [0.3, 0.4) is 0 Å². The lowest BCUT2D eigenvalue weighted by atomic mass is 10.3. The van der Waals surface area contributed by atoms with Crippen molar-refractivity contribution in [1.29, 1.82) is 0 Å². The fourth-order valence-corrected chi connectivity index (χ4v) is 5.27. The first-order chi connectivity index (χ1) is 12.9. The molecule has 0 bridgehead atoms. The predicted molar refractivity (Wildman–Crippen MR) is 101 cm³/mol. The van der Waals surface area contributed by atoms with E-state index in [1.54, 1.807) is 42.7 Å². The fraction of sp³-hybridized carbons (Fsp3) is 0.222. The molecule has 1 amide bonds. The van der Waals surface area contributed by atoms with Crippen molar-refractivity contribution in [3.05, 3.63) is 71.3 Å². The molecule has 0 aromatic carbocycles. The summed E-state index contributed by atoms with van der Waals surface area (Å²) in [7, 11) is -3.74. The summed E-state index contributed by atoms with van der Waals surface area (Å²) in [4.78, 5) is 15.9. The van der Waals surface area contributed by atoms with Crippen molar-refractivity contribution in [3.63, 3.8) is 0 Å². The van der Waals surface area contributed by atoms with E-state index in [2.05, 4.69) is 10.3 Å². The second-order valence-electron chi connectivity index (χ2n) is 5.84. The zero-order chi connectivity index (χ0) is 19.3.